The minimum absolute atomic E-state index is 0.0334. The van der Waals surface area contributed by atoms with Crippen LogP contribution in [-0.2, 0) is 4.79 Å². The van der Waals surface area contributed by atoms with Gasteiger partial charge in [-0.1, -0.05) is 6.92 Å². The van der Waals surface area contributed by atoms with Crippen LogP contribution >= 0.6 is 0 Å². The summed E-state index contributed by atoms with van der Waals surface area (Å²) in [5.41, 5.74) is 0. The molecule has 18 heavy (non-hydrogen) atoms. The first-order valence-corrected chi connectivity index (χ1v) is 6.51. The highest BCUT2D eigenvalue weighted by Crippen LogP contribution is 2.19. The fraction of sp³-hybridized carbons (Fsp3) is 0.833. The van der Waals surface area contributed by atoms with Gasteiger partial charge in [-0.3, -0.25) is 0 Å². The van der Waals surface area contributed by atoms with Crippen LogP contribution in [0.1, 0.15) is 39.0 Å². The summed E-state index contributed by atoms with van der Waals surface area (Å²) in [7, 11) is 0. The number of piperidine rings is 1. The first kappa shape index (κ1) is 14.8. The lowest BCUT2D eigenvalue weighted by Gasteiger charge is -2.35. The molecule has 1 aliphatic heterocycles. The van der Waals surface area contributed by atoms with E-state index in [4.69, 9.17) is 10.2 Å². The maximum absolute atomic E-state index is 12.0. The molecule has 0 aliphatic carbocycles. The van der Waals surface area contributed by atoms with E-state index in [0.29, 0.717) is 6.54 Å². The van der Waals surface area contributed by atoms with Crippen molar-refractivity contribution in [3.63, 3.8) is 0 Å². The topological polar surface area (TPSA) is 89.9 Å². The third kappa shape index (κ3) is 3.87. The van der Waals surface area contributed by atoms with Crippen LogP contribution in [0.2, 0.25) is 0 Å². The van der Waals surface area contributed by atoms with Crippen LogP contribution in [0.15, 0.2) is 0 Å². The molecule has 2 atom stereocenters. The molecule has 3 N–H and O–H groups in total. The van der Waals surface area contributed by atoms with Crippen LogP contribution in [0.3, 0.4) is 0 Å². The molecule has 1 fully saturated rings. The molecule has 0 saturated carbocycles. The summed E-state index contributed by atoms with van der Waals surface area (Å²) < 4.78 is 0. The first-order valence-electron chi connectivity index (χ1n) is 6.51. The number of nitrogens with one attached hydrogen (secondary N) is 1. The van der Waals surface area contributed by atoms with Gasteiger partial charge >= 0.3 is 12.0 Å². The minimum Gasteiger partial charge on any atom is -0.480 e. The first-order chi connectivity index (χ1) is 8.60. The highest BCUT2D eigenvalue weighted by atomic mass is 16.4. The van der Waals surface area contributed by atoms with Gasteiger partial charge in [-0.05, 0) is 25.7 Å². The fourth-order valence-corrected chi connectivity index (χ4v) is 2.31. The molecule has 1 saturated heterocycles. The van der Waals surface area contributed by atoms with Crippen LogP contribution in [0.5, 0.6) is 0 Å². The number of likely N-dealkylation sites (tertiary alicyclic amines) is 1. The minimum atomic E-state index is -1.11. The van der Waals surface area contributed by atoms with E-state index < -0.39 is 12.0 Å². The van der Waals surface area contributed by atoms with E-state index in [-0.39, 0.29) is 25.1 Å². The number of carboxylic acid groups (broad SMARTS) is 1. The molecule has 1 aliphatic rings. The Morgan fingerprint density at radius 1 is 1.44 bits per heavy atom. The number of aliphatic carboxylic acids is 1. The van der Waals surface area contributed by atoms with Gasteiger partial charge in [-0.25, -0.2) is 9.59 Å². The summed E-state index contributed by atoms with van der Waals surface area (Å²) >= 11 is 0. The third-order valence-corrected chi connectivity index (χ3v) is 3.37. The molecule has 1 unspecified atom stereocenters. The van der Waals surface area contributed by atoms with Crippen LogP contribution in [0, 0.1) is 0 Å². The average molecular weight is 258 g/mol. The number of carbonyl (C=O) groups excluding carboxylic acids is 1. The van der Waals surface area contributed by atoms with Gasteiger partial charge in [0.05, 0.1) is 0 Å². The largest absolute Gasteiger partial charge is 0.480 e. The number of carbonyl (C=O) groups is 2. The monoisotopic (exact) mass is 258 g/mol. The summed E-state index contributed by atoms with van der Waals surface area (Å²) in [5, 5.41) is 20.2. The second-order valence-corrected chi connectivity index (χ2v) is 4.60. The number of nitrogens with zero attached hydrogens (tertiary/aromatic N) is 1. The fourth-order valence-electron chi connectivity index (χ4n) is 2.31. The van der Waals surface area contributed by atoms with Gasteiger partial charge in [0.2, 0.25) is 0 Å². The highest BCUT2D eigenvalue weighted by molar-refractivity contribution is 5.82. The number of carboxylic acids is 1. The Kier molecular flexibility index (Phi) is 5.91. The summed E-state index contributed by atoms with van der Waals surface area (Å²) in [6.45, 7) is 2.45. The maximum atomic E-state index is 12.0. The second kappa shape index (κ2) is 7.20. The van der Waals surface area contributed by atoms with Gasteiger partial charge in [0.1, 0.15) is 6.04 Å². The number of urea groups is 1. The number of hydrogen-bond donors (Lipinski definition) is 3. The van der Waals surface area contributed by atoms with Crippen LogP contribution < -0.4 is 5.32 Å². The molecule has 1 heterocycles. The highest BCUT2D eigenvalue weighted by Gasteiger charge is 2.28. The van der Waals surface area contributed by atoms with Gasteiger partial charge in [0, 0.05) is 25.6 Å². The van der Waals surface area contributed by atoms with Gasteiger partial charge in [-0.2, -0.15) is 0 Å². The van der Waals surface area contributed by atoms with Crippen molar-refractivity contribution in [2.24, 2.45) is 0 Å². The normalized spacial score (nSPS) is 21.4. The van der Waals surface area contributed by atoms with Crippen molar-refractivity contribution in [1.29, 1.82) is 0 Å². The number of aliphatic hydroxyl groups excluding tert-OH is 1. The number of hydrogen-bond acceptors (Lipinski definition) is 3. The van der Waals surface area contributed by atoms with E-state index in [1.165, 1.54) is 0 Å². The lowest BCUT2D eigenvalue weighted by Crippen LogP contribution is -2.53. The van der Waals surface area contributed by atoms with E-state index in [9.17, 15) is 9.59 Å². The standard InChI is InChI=1S/C12H22N2O4/c1-2-9-5-3-4-7-14(9)12(18)13-10(6-8-15)11(16)17/h9-10,15H,2-8H2,1H3,(H,13,18)(H,16,17)/t9?,10-/m0/s1. The number of aliphatic hydroxyl groups is 1. The Balaban J connectivity index is 2.58. The molecule has 0 bridgehead atoms. The summed E-state index contributed by atoms with van der Waals surface area (Å²) in [5.74, 6) is -1.11. The molecule has 6 nitrogen and oxygen atoms in total. The Labute approximate surface area is 107 Å². The van der Waals surface area contributed by atoms with Crippen LogP contribution in [-0.4, -0.2) is 52.3 Å². The van der Waals surface area contributed by atoms with Gasteiger partial charge < -0.3 is 20.4 Å². The zero-order valence-electron chi connectivity index (χ0n) is 10.8. The lowest BCUT2D eigenvalue weighted by molar-refractivity contribution is -0.139. The molecular weight excluding hydrogens is 236 g/mol. The van der Waals surface area contributed by atoms with E-state index in [2.05, 4.69) is 5.32 Å². The molecule has 0 aromatic heterocycles. The molecule has 1 rings (SSSR count). The van der Waals surface area contributed by atoms with E-state index in [1.807, 2.05) is 6.92 Å². The van der Waals surface area contributed by atoms with Gasteiger partial charge in [0.15, 0.2) is 0 Å². The van der Waals surface area contributed by atoms with Crippen molar-refractivity contribution in [1.82, 2.24) is 10.2 Å². The Morgan fingerprint density at radius 3 is 2.72 bits per heavy atom. The molecule has 0 radical (unpaired) electrons. The number of rotatable bonds is 5. The van der Waals surface area contributed by atoms with Gasteiger partial charge in [0.25, 0.3) is 0 Å². The van der Waals surface area contributed by atoms with Gasteiger partial charge in [-0.15, -0.1) is 0 Å². The Hall–Kier alpha value is -1.30. The van der Waals surface area contributed by atoms with Crippen molar-refractivity contribution in [2.45, 2.75) is 51.1 Å². The van der Waals surface area contributed by atoms with Crippen molar-refractivity contribution < 1.29 is 19.8 Å². The van der Waals surface area contributed by atoms with Crippen LogP contribution in [0.25, 0.3) is 0 Å². The quantitative estimate of drug-likeness (QED) is 0.680. The van der Waals surface area contributed by atoms with Crippen molar-refractivity contribution >= 4 is 12.0 Å². The average Bonchev–Trinajstić information content (AvgIpc) is 2.37. The molecule has 0 spiro atoms. The Morgan fingerprint density at radius 2 is 2.17 bits per heavy atom. The molecule has 6 heteroatoms. The smallest absolute Gasteiger partial charge is 0.326 e. The lowest BCUT2D eigenvalue weighted by atomic mass is 10.0. The zero-order chi connectivity index (χ0) is 13.5. The molecule has 2 amide bonds. The predicted molar refractivity (Wildman–Crippen MR) is 66.3 cm³/mol. The zero-order valence-corrected chi connectivity index (χ0v) is 10.8. The van der Waals surface area contributed by atoms with Crippen LogP contribution in [0.4, 0.5) is 4.79 Å². The number of amides is 2. The van der Waals surface area contributed by atoms with E-state index in [0.717, 1.165) is 25.7 Å². The molecule has 0 aromatic carbocycles. The molecule has 104 valence electrons. The molecular formula is C12H22N2O4. The van der Waals surface area contributed by atoms with Crippen molar-refractivity contribution in [3.8, 4) is 0 Å². The summed E-state index contributed by atoms with van der Waals surface area (Å²) in [6.07, 6.45) is 3.96. The van der Waals surface area contributed by atoms with Crippen molar-refractivity contribution in [2.75, 3.05) is 13.2 Å². The Bertz CT molecular complexity index is 296. The SMILES string of the molecule is CCC1CCCCN1C(=O)N[C@@H](CCO)C(=O)O. The second-order valence-electron chi connectivity index (χ2n) is 4.60. The summed E-state index contributed by atoms with van der Waals surface area (Å²) in [4.78, 5) is 24.7. The van der Waals surface area contributed by atoms with E-state index in [1.54, 1.807) is 4.90 Å². The predicted octanol–water partition coefficient (Wildman–Crippen LogP) is 0.796. The third-order valence-electron chi connectivity index (χ3n) is 3.37. The maximum Gasteiger partial charge on any atom is 0.326 e. The van der Waals surface area contributed by atoms with Crippen molar-refractivity contribution in [3.05, 3.63) is 0 Å². The summed E-state index contributed by atoms with van der Waals surface area (Å²) in [6, 6.07) is -1.15. The van der Waals surface area contributed by atoms with E-state index >= 15 is 0 Å². The molecule has 0 aromatic rings.